The molecule has 27 heavy (non-hydrogen) atoms. The van der Waals surface area contributed by atoms with Crippen LogP contribution in [0.15, 0.2) is 30.3 Å². The Morgan fingerprint density at radius 2 is 1.85 bits per heavy atom. The van der Waals surface area contributed by atoms with Crippen molar-refractivity contribution >= 4 is 23.1 Å². The molecule has 3 atom stereocenters. The standard InChI is InChI=1S/C18H27NO7S/c1-13(20)25-12-15(21)9-16(27(23)24)10-18(2,3)19-17(22)26-11-14-7-5-4-6-8-14/h4-8,15-16,21H,9-12H2,1-3H3,(H,19,22)(H,23,24). The fourth-order valence-electron chi connectivity index (χ4n) is 2.48. The maximum absolute atomic E-state index is 12.0. The van der Waals surface area contributed by atoms with Crippen molar-refractivity contribution < 1.29 is 32.9 Å². The molecule has 0 aromatic heterocycles. The van der Waals surface area contributed by atoms with Crippen molar-refractivity contribution in [2.75, 3.05) is 6.61 Å². The molecule has 9 heteroatoms. The Hall–Kier alpha value is -1.97. The molecule has 0 saturated carbocycles. The van der Waals surface area contributed by atoms with Crippen LogP contribution in [0.3, 0.4) is 0 Å². The molecule has 152 valence electrons. The third kappa shape index (κ3) is 10.1. The van der Waals surface area contributed by atoms with Gasteiger partial charge in [-0.1, -0.05) is 30.3 Å². The van der Waals surface area contributed by atoms with Crippen LogP contribution >= 0.6 is 0 Å². The van der Waals surface area contributed by atoms with Gasteiger partial charge in [-0.3, -0.25) is 4.79 Å². The number of hydrogen-bond donors (Lipinski definition) is 3. The van der Waals surface area contributed by atoms with E-state index in [1.165, 1.54) is 6.92 Å². The van der Waals surface area contributed by atoms with Gasteiger partial charge in [0.05, 0.1) is 11.4 Å². The van der Waals surface area contributed by atoms with Gasteiger partial charge in [0.1, 0.15) is 13.2 Å². The minimum Gasteiger partial charge on any atom is -0.463 e. The van der Waals surface area contributed by atoms with Crippen molar-refractivity contribution in [1.29, 1.82) is 0 Å². The molecule has 0 fully saturated rings. The number of rotatable bonds is 10. The zero-order valence-electron chi connectivity index (χ0n) is 15.7. The molecular formula is C18H27NO7S. The first-order valence-electron chi connectivity index (χ1n) is 8.49. The minimum absolute atomic E-state index is 0.0550. The molecule has 3 N–H and O–H groups in total. The molecule has 0 aliphatic heterocycles. The Labute approximate surface area is 161 Å². The maximum atomic E-state index is 12.0. The van der Waals surface area contributed by atoms with E-state index < -0.39 is 40.0 Å². The fourth-order valence-corrected chi connectivity index (χ4v) is 3.42. The first kappa shape index (κ1) is 23.1. The number of hydrogen-bond acceptors (Lipinski definition) is 6. The van der Waals surface area contributed by atoms with Crippen LogP contribution in [0, 0.1) is 0 Å². The molecule has 0 radical (unpaired) electrons. The summed E-state index contributed by atoms with van der Waals surface area (Å²) in [4.78, 5) is 22.8. The molecule has 8 nitrogen and oxygen atoms in total. The van der Waals surface area contributed by atoms with Gasteiger partial charge in [0, 0.05) is 12.5 Å². The maximum Gasteiger partial charge on any atom is 0.407 e. The predicted octanol–water partition coefficient (Wildman–Crippen LogP) is 1.99. The van der Waals surface area contributed by atoms with Crippen LogP contribution in [-0.4, -0.2) is 49.4 Å². The smallest absolute Gasteiger partial charge is 0.407 e. The number of carbonyl (C=O) groups is 2. The van der Waals surface area contributed by atoms with E-state index >= 15 is 0 Å². The summed E-state index contributed by atoms with van der Waals surface area (Å²) in [6.45, 7) is 4.45. The van der Waals surface area contributed by atoms with Crippen molar-refractivity contribution in [1.82, 2.24) is 5.32 Å². The van der Waals surface area contributed by atoms with Gasteiger partial charge in [0.2, 0.25) is 0 Å². The minimum atomic E-state index is -2.23. The molecule has 0 aliphatic carbocycles. The van der Waals surface area contributed by atoms with E-state index in [2.05, 4.69) is 5.32 Å². The third-order valence-corrected chi connectivity index (χ3v) is 4.62. The van der Waals surface area contributed by atoms with E-state index in [4.69, 9.17) is 9.47 Å². The number of esters is 1. The Kier molecular flexibility index (Phi) is 9.40. The van der Waals surface area contributed by atoms with Gasteiger partial charge in [-0.15, -0.1) is 0 Å². The van der Waals surface area contributed by atoms with Crippen LogP contribution in [0.1, 0.15) is 39.2 Å². The van der Waals surface area contributed by atoms with Gasteiger partial charge < -0.3 is 24.4 Å². The SMILES string of the molecule is CC(=O)OCC(O)CC(CC(C)(C)NC(=O)OCc1ccccc1)S(=O)O. The summed E-state index contributed by atoms with van der Waals surface area (Å²) in [5.41, 5.74) is -0.00813. The lowest BCUT2D eigenvalue weighted by molar-refractivity contribution is -0.144. The fraction of sp³-hybridized carbons (Fsp3) is 0.556. The van der Waals surface area contributed by atoms with Crippen molar-refractivity contribution in [2.45, 2.75) is 57.1 Å². The lowest BCUT2D eigenvalue weighted by Gasteiger charge is -2.29. The number of aliphatic hydroxyl groups excluding tert-OH is 1. The largest absolute Gasteiger partial charge is 0.463 e. The topological polar surface area (TPSA) is 122 Å². The Balaban J connectivity index is 2.53. The molecular weight excluding hydrogens is 374 g/mol. The van der Waals surface area contributed by atoms with Crippen molar-refractivity contribution in [3.8, 4) is 0 Å². The van der Waals surface area contributed by atoms with Gasteiger partial charge in [-0.2, -0.15) is 0 Å². The molecule has 1 aromatic carbocycles. The zero-order chi connectivity index (χ0) is 20.4. The molecule has 1 rings (SSSR count). The van der Waals surface area contributed by atoms with E-state index in [1.54, 1.807) is 13.8 Å². The normalized spacial score (nSPS) is 14.7. The summed E-state index contributed by atoms with van der Waals surface area (Å²) < 4.78 is 30.9. The van der Waals surface area contributed by atoms with Crippen LogP contribution in [0.4, 0.5) is 4.79 Å². The molecule has 3 unspecified atom stereocenters. The number of carbonyl (C=O) groups excluding carboxylic acids is 2. The number of benzene rings is 1. The van der Waals surface area contributed by atoms with Crippen LogP contribution in [0.5, 0.6) is 0 Å². The summed E-state index contributed by atoms with van der Waals surface area (Å²) in [5, 5.41) is 11.7. The number of alkyl carbamates (subject to hydrolysis) is 1. The Bertz CT molecular complexity index is 636. The summed E-state index contributed by atoms with van der Waals surface area (Å²) in [7, 11) is 0. The lowest BCUT2D eigenvalue weighted by atomic mass is 9.96. The molecule has 0 heterocycles. The second-order valence-corrected chi connectivity index (χ2v) is 8.08. The first-order chi connectivity index (χ1) is 12.6. The molecule has 1 amide bonds. The van der Waals surface area contributed by atoms with E-state index in [1.807, 2.05) is 30.3 Å². The van der Waals surface area contributed by atoms with E-state index in [9.17, 15) is 23.5 Å². The van der Waals surface area contributed by atoms with Crippen molar-refractivity contribution in [2.24, 2.45) is 0 Å². The predicted molar refractivity (Wildman–Crippen MR) is 100 cm³/mol. The number of amides is 1. The average molecular weight is 401 g/mol. The molecule has 0 spiro atoms. The highest BCUT2D eigenvalue weighted by atomic mass is 32.2. The second kappa shape index (κ2) is 11.0. The number of aliphatic hydroxyl groups is 1. The summed E-state index contributed by atoms with van der Waals surface area (Å²) in [6.07, 6.45) is -1.66. The van der Waals surface area contributed by atoms with E-state index in [-0.39, 0.29) is 26.1 Å². The lowest BCUT2D eigenvalue weighted by Crippen LogP contribution is -2.47. The van der Waals surface area contributed by atoms with Gasteiger partial charge in [0.25, 0.3) is 0 Å². The summed E-state index contributed by atoms with van der Waals surface area (Å²) >= 11 is -2.23. The highest BCUT2D eigenvalue weighted by molar-refractivity contribution is 7.79. The van der Waals surface area contributed by atoms with Gasteiger partial charge in [0.15, 0.2) is 11.1 Å². The van der Waals surface area contributed by atoms with Gasteiger partial charge in [-0.25, -0.2) is 9.00 Å². The molecule has 1 aromatic rings. The molecule has 0 bridgehead atoms. The second-order valence-electron chi connectivity index (χ2n) is 6.87. The highest BCUT2D eigenvalue weighted by Gasteiger charge is 2.30. The third-order valence-electron chi connectivity index (χ3n) is 3.69. The summed E-state index contributed by atoms with van der Waals surface area (Å²) in [5.74, 6) is -0.543. The molecule has 0 saturated heterocycles. The highest BCUT2D eigenvalue weighted by Crippen LogP contribution is 2.19. The van der Waals surface area contributed by atoms with E-state index in [0.29, 0.717) is 0 Å². The van der Waals surface area contributed by atoms with Crippen LogP contribution in [-0.2, 0) is 32.0 Å². The first-order valence-corrected chi connectivity index (χ1v) is 9.66. The molecule has 0 aliphatic rings. The summed E-state index contributed by atoms with van der Waals surface area (Å²) in [6, 6.07) is 9.19. The number of ether oxygens (including phenoxy) is 2. The van der Waals surface area contributed by atoms with Gasteiger partial charge >= 0.3 is 12.1 Å². The number of nitrogens with one attached hydrogen (secondary N) is 1. The average Bonchev–Trinajstić information content (AvgIpc) is 2.57. The van der Waals surface area contributed by atoms with Crippen LogP contribution in [0.25, 0.3) is 0 Å². The Morgan fingerprint density at radius 1 is 1.22 bits per heavy atom. The van der Waals surface area contributed by atoms with Gasteiger partial charge in [-0.05, 0) is 32.3 Å². The van der Waals surface area contributed by atoms with Crippen LogP contribution in [0.2, 0.25) is 0 Å². The van der Waals surface area contributed by atoms with Crippen molar-refractivity contribution in [3.05, 3.63) is 35.9 Å². The Morgan fingerprint density at radius 3 is 2.41 bits per heavy atom. The monoisotopic (exact) mass is 401 g/mol. The van der Waals surface area contributed by atoms with E-state index in [0.717, 1.165) is 5.56 Å². The quantitative estimate of drug-likeness (QED) is 0.405. The van der Waals surface area contributed by atoms with Crippen molar-refractivity contribution in [3.63, 3.8) is 0 Å². The van der Waals surface area contributed by atoms with Crippen LogP contribution < -0.4 is 5.32 Å². The zero-order valence-corrected chi connectivity index (χ0v) is 16.5.